The zero-order valence-electron chi connectivity index (χ0n) is 9.18. The van der Waals surface area contributed by atoms with E-state index < -0.39 is 0 Å². The lowest BCUT2D eigenvalue weighted by molar-refractivity contribution is 0.567. The number of halogens is 1. The standard InChI is InChI=1S/C11H13IN4/c1-7-10(12)11(13)16(15-7)8(2)9-4-3-5-14-6-9/h3-6,8H,13H2,1-2H3. The fraction of sp³-hybridized carbons (Fsp3) is 0.273. The molecule has 2 N–H and O–H groups in total. The van der Waals surface area contributed by atoms with Gasteiger partial charge in [0.15, 0.2) is 0 Å². The number of anilines is 1. The van der Waals surface area contributed by atoms with E-state index in [0.29, 0.717) is 0 Å². The highest BCUT2D eigenvalue weighted by Gasteiger charge is 2.15. The van der Waals surface area contributed by atoms with Gasteiger partial charge in [-0.25, -0.2) is 4.68 Å². The van der Waals surface area contributed by atoms with Crippen LogP contribution in [0.2, 0.25) is 0 Å². The first-order valence-electron chi connectivity index (χ1n) is 5.01. The Morgan fingerprint density at radius 1 is 1.50 bits per heavy atom. The fourth-order valence-corrected chi connectivity index (χ4v) is 1.96. The van der Waals surface area contributed by atoms with E-state index in [4.69, 9.17) is 5.73 Å². The van der Waals surface area contributed by atoms with Crippen molar-refractivity contribution in [2.45, 2.75) is 19.9 Å². The molecule has 0 aromatic carbocycles. The van der Waals surface area contributed by atoms with E-state index in [1.807, 2.05) is 29.9 Å². The fourth-order valence-electron chi connectivity index (χ4n) is 1.60. The summed E-state index contributed by atoms with van der Waals surface area (Å²) in [5, 5.41) is 4.44. The summed E-state index contributed by atoms with van der Waals surface area (Å²) in [6.07, 6.45) is 3.60. The van der Waals surface area contributed by atoms with Gasteiger partial charge < -0.3 is 5.73 Å². The summed E-state index contributed by atoms with van der Waals surface area (Å²) in [4.78, 5) is 4.11. The molecule has 0 aliphatic carbocycles. The third-order valence-corrected chi connectivity index (χ3v) is 3.91. The largest absolute Gasteiger partial charge is 0.383 e. The van der Waals surface area contributed by atoms with Gasteiger partial charge in [0.1, 0.15) is 5.82 Å². The van der Waals surface area contributed by atoms with Gasteiger partial charge in [-0.1, -0.05) is 6.07 Å². The van der Waals surface area contributed by atoms with Gasteiger partial charge in [0.05, 0.1) is 15.3 Å². The van der Waals surface area contributed by atoms with Crippen molar-refractivity contribution in [3.63, 3.8) is 0 Å². The van der Waals surface area contributed by atoms with Crippen molar-refractivity contribution in [1.82, 2.24) is 14.8 Å². The normalized spacial score (nSPS) is 12.7. The molecular weight excluding hydrogens is 315 g/mol. The number of hydrogen-bond donors (Lipinski definition) is 1. The van der Waals surface area contributed by atoms with Crippen molar-refractivity contribution < 1.29 is 0 Å². The van der Waals surface area contributed by atoms with Crippen molar-refractivity contribution in [3.05, 3.63) is 39.4 Å². The minimum Gasteiger partial charge on any atom is -0.383 e. The van der Waals surface area contributed by atoms with E-state index in [-0.39, 0.29) is 6.04 Å². The molecule has 2 aromatic rings. The van der Waals surface area contributed by atoms with E-state index in [2.05, 4.69) is 39.6 Å². The van der Waals surface area contributed by atoms with Crippen LogP contribution in [0.15, 0.2) is 24.5 Å². The first-order chi connectivity index (χ1) is 7.61. The SMILES string of the molecule is Cc1nn(C(C)c2cccnc2)c(N)c1I. The first-order valence-corrected chi connectivity index (χ1v) is 6.09. The first kappa shape index (κ1) is 11.4. The summed E-state index contributed by atoms with van der Waals surface area (Å²) in [6.45, 7) is 4.03. The van der Waals surface area contributed by atoms with Crippen LogP contribution in [0, 0.1) is 10.5 Å². The maximum atomic E-state index is 6.01. The molecule has 0 aliphatic heterocycles. The maximum absolute atomic E-state index is 6.01. The maximum Gasteiger partial charge on any atom is 0.136 e. The molecule has 5 heteroatoms. The number of aryl methyl sites for hydroxylation is 1. The average Bonchev–Trinajstić information content (AvgIpc) is 2.57. The monoisotopic (exact) mass is 328 g/mol. The van der Waals surface area contributed by atoms with Crippen LogP contribution < -0.4 is 5.73 Å². The summed E-state index contributed by atoms with van der Waals surface area (Å²) in [5.74, 6) is 0.717. The Bertz CT molecular complexity index is 492. The highest BCUT2D eigenvalue weighted by Crippen LogP contribution is 2.25. The van der Waals surface area contributed by atoms with E-state index >= 15 is 0 Å². The lowest BCUT2D eigenvalue weighted by Crippen LogP contribution is -2.12. The summed E-state index contributed by atoms with van der Waals surface area (Å²) < 4.78 is 2.86. The zero-order valence-corrected chi connectivity index (χ0v) is 11.3. The molecule has 84 valence electrons. The molecule has 2 rings (SSSR count). The molecule has 1 atom stereocenters. The molecule has 0 saturated carbocycles. The molecular formula is C11H13IN4. The Kier molecular flexibility index (Phi) is 3.13. The predicted molar refractivity (Wildman–Crippen MR) is 72.1 cm³/mol. The molecule has 0 aliphatic rings. The van der Waals surface area contributed by atoms with E-state index in [0.717, 1.165) is 20.6 Å². The molecule has 0 fully saturated rings. The molecule has 4 nitrogen and oxygen atoms in total. The summed E-state index contributed by atoms with van der Waals surface area (Å²) in [6, 6.07) is 4.06. The van der Waals surface area contributed by atoms with Crippen LogP contribution in [-0.2, 0) is 0 Å². The number of pyridine rings is 1. The van der Waals surface area contributed by atoms with Crippen LogP contribution in [0.3, 0.4) is 0 Å². The molecule has 2 aromatic heterocycles. The number of aromatic nitrogens is 3. The smallest absolute Gasteiger partial charge is 0.136 e. The van der Waals surface area contributed by atoms with Crippen molar-refractivity contribution in [3.8, 4) is 0 Å². The number of hydrogen-bond acceptors (Lipinski definition) is 3. The minimum absolute atomic E-state index is 0.107. The second-order valence-corrected chi connectivity index (χ2v) is 4.77. The van der Waals surface area contributed by atoms with Gasteiger partial charge in [0.25, 0.3) is 0 Å². The third-order valence-electron chi connectivity index (χ3n) is 2.58. The van der Waals surface area contributed by atoms with Gasteiger partial charge in [0, 0.05) is 12.4 Å². The molecule has 0 bridgehead atoms. The highest BCUT2D eigenvalue weighted by atomic mass is 127. The average molecular weight is 328 g/mol. The molecule has 2 heterocycles. The molecule has 0 spiro atoms. The summed E-state index contributed by atoms with van der Waals surface area (Å²) in [5.41, 5.74) is 8.09. The Morgan fingerprint density at radius 2 is 2.25 bits per heavy atom. The van der Waals surface area contributed by atoms with Crippen molar-refractivity contribution in [1.29, 1.82) is 0 Å². The quantitative estimate of drug-likeness (QED) is 0.861. The molecule has 0 saturated heterocycles. The lowest BCUT2D eigenvalue weighted by Gasteiger charge is -2.13. The molecule has 0 amide bonds. The van der Waals surface area contributed by atoms with Crippen LogP contribution in [-0.4, -0.2) is 14.8 Å². The van der Waals surface area contributed by atoms with Gasteiger partial charge in [-0.15, -0.1) is 0 Å². The van der Waals surface area contributed by atoms with E-state index in [1.165, 1.54) is 0 Å². The van der Waals surface area contributed by atoms with Crippen molar-refractivity contribution in [2.24, 2.45) is 0 Å². The number of nitrogens with two attached hydrogens (primary N) is 1. The Labute approximate surface area is 108 Å². The van der Waals surface area contributed by atoms with Gasteiger partial charge in [0.2, 0.25) is 0 Å². The van der Waals surface area contributed by atoms with Crippen molar-refractivity contribution >= 4 is 28.4 Å². The van der Waals surface area contributed by atoms with E-state index in [1.54, 1.807) is 6.20 Å². The van der Waals surface area contributed by atoms with Crippen LogP contribution in [0.1, 0.15) is 24.2 Å². The van der Waals surface area contributed by atoms with Gasteiger partial charge in [-0.05, 0) is 48.1 Å². The van der Waals surface area contributed by atoms with Crippen LogP contribution in [0.4, 0.5) is 5.82 Å². The Hall–Kier alpha value is -1.11. The number of rotatable bonds is 2. The third kappa shape index (κ3) is 1.91. The van der Waals surface area contributed by atoms with Crippen LogP contribution in [0.25, 0.3) is 0 Å². The van der Waals surface area contributed by atoms with Crippen molar-refractivity contribution in [2.75, 3.05) is 5.73 Å². The second-order valence-electron chi connectivity index (χ2n) is 3.69. The molecule has 16 heavy (non-hydrogen) atoms. The predicted octanol–water partition coefficient (Wildman–Crippen LogP) is 2.38. The molecule has 0 radical (unpaired) electrons. The van der Waals surface area contributed by atoms with Gasteiger partial charge in [-0.3, -0.25) is 4.98 Å². The Balaban J connectivity index is 2.42. The summed E-state index contributed by atoms with van der Waals surface area (Å²) >= 11 is 2.22. The minimum atomic E-state index is 0.107. The second kappa shape index (κ2) is 4.40. The number of nitrogens with zero attached hydrogens (tertiary/aromatic N) is 3. The van der Waals surface area contributed by atoms with Gasteiger partial charge >= 0.3 is 0 Å². The summed E-state index contributed by atoms with van der Waals surface area (Å²) in [7, 11) is 0. The van der Waals surface area contributed by atoms with Gasteiger partial charge in [-0.2, -0.15) is 5.10 Å². The zero-order chi connectivity index (χ0) is 11.7. The Morgan fingerprint density at radius 3 is 2.75 bits per heavy atom. The lowest BCUT2D eigenvalue weighted by atomic mass is 10.1. The van der Waals surface area contributed by atoms with Crippen LogP contribution in [0.5, 0.6) is 0 Å². The highest BCUT2D eigenvalue weighted by molar-refractivity contribution is 14.1. The number of nitrogen functional groups attached to an aromatic ring is 1. The van der Waals surface area contributed by atoms with E-state index in [9.17, 15) is 0 Å². The molecule has 1 unspecified atom stereocenters. The van der Waals surface area contributed by atoms with Crippen LogP contribution >= 0.6 is 22.6 Å². The topological polar surface area (TPSA) is 56.7 Å².